The Morgan fingerprint density at radius 2 is 1.91 bits per heavy atom. The first-order valence-corrected chi connectivity index (χ1v) is 7.36. The number of halogens is 3. The third kappa shape index (κ3) is 3.90. The maximum Gasteiger partial charge on any atom is 0.181 e. The third-order valence-corrected chi connectivity index (χ3v) is 3.70. The highest BCUT2D eigenvalue weighted by Gasteiger charge is 2.23. The molecule has 0 radical (unpaired) electrons. The second-order valence-electron chi connectivity index (χ2n) is 5.44. The van der Waals surface area contributed by atoms with Crippen LogP contribution in [0.1, 0.15) is 17.5 Å². The zero-order valence-corrected chi connectivity index (χ0v) is 12.3. The Labute approximate surface area is 131 Å². The van der Waals surface area contributed by atoms with Crippen LogP contribution in [0.15, 0.2) is 47.6 Å². The summed E-state index contributed by atoms with van der Waals surface area (Å²) in [4.78, 5) is 5.33. The summed E-state index contributed by atoms with van der Waals surface area (Å²) in [5, 5.41) is 5.87. The summed E-state index contributed by atoms with van der Waals surface area (Å²) < 4.78 is 39.6. The minimum Gasteiger partial charge on any atom is -0.386 e. The van der Waals surface area contributed by atoms with E-state index in [0.29, 0.717) is 36.3 Å². The van der Waals surface area contributed by atoms with Crippen LogP contribution in [0.3, 0.4) is 0 Å². The first-order valence-electron chi connectivity index (χ1n) is 7.36. The average molecular weight is 321 g/mol. The van der Waals surface area contributed by atoms with Crippen molar-refractivity contribution in [2.24, 2.45) is 5.16 Å². The van der Waals surface area contributed by atoms with Crippen molar-refractivity contribution in [3.05, 3.63) is 71.0 Å². The number of oxime groups is 1. The van der Waals surface area contributed by atoms with Crippen molar-refractivity contribution in [3.8, 4) is 0 Å². The summed E-state index contributed by atoms with van der Waals surface area (Å²) in [6.07, 6.45) is 0.433. The molecule has 0 fully saturated rings. The summed E-state index contributed by atoms with van der Waals surface area (Å²) in [5.74, 6) is -1.45. The van der Waals surface area contributed by atoms with E-state index in [-0.39, 0.29) is 11.9 Å². The molecule has 0 aromatic heterocycles. The largest absolute Gasteiger partial charge is 0.386 e. The molecule has 0 amide bonds. The summed E-state index contributed by atoms with van der Waals surface area (Å²) >= 11 is 0. The Morgan fingerprint density at radius 3 is 2.70 bits per heavy atom. The fraction of sp³-hybridized carbons (Fsp3) is 0.235. The lowest BCUT2D eigenvalue weighted by Gasteiger charge is -2.07. The van der Waals surface area contributed by atoms with E-state index in [4.69, 9.17) is 4.84 Å². The highest BCUT2D eigenvalue weighted by Crippen LogP contribution is 2.16. The van der Waals surface area contributed by atoms with Gasteiger partial charge in [0.25, 0.3) is 0 Å². The second-order valence-corrected chi connectivity index (χ2v) is 5.44. The summed E-state index contributed by atoms with van der Waals surface area (Å²) in [5.41, 5.74) is 1.85. The number of benzene rings is 2. The molecule has 23 heavy (non-hydrogen) atoms. The molecule has 1 heterocycles. The molecule has 0 aliphatic carbocycles. The summed E-state index contributed by atoms with van der Waals surface area (Å²) in [6.45, 7) is 0.973. The van der Waals surface area contributed by atoms with Crippen LogP contribution in [0.25, 0.3) is 0 Å². The minimum absolute atomic E-state index is 0.142. The van der Waals surface area contributed by atoms with E-state index in [1.807, 2.05) is 5.32 Å². The van der Waals surface area contributed by atoms with Gasteiger partial charge in [-0.15, -0.1) is 0 Å². The average Bonchev–Trinajstić information content (AvgIpc) is 2.98. The van der Waals surface area contributed by atoms with Gasteiger partial charge in [0.2, 0.25) is 0 Å². The Balaban J connectivity index is 1.50. The van der Waals surface area contributed by atoms with Crippen LogP contribution >= 0.6 is 0 Å². The molecule has 6 heteroatoms. The van der Waals surface area contributed by atoms with Gasteiger partial charge in [0.05, 0.1) is 5.71 Å². The normalized spacial score (nSPS) is 17.0. The molecule has 2 aromatic rings. The van der Waals surface area contributed by atoms with E-state index in [2.05, 4.69) is 5.16 Å². The van der Waals surface area contributed by atoms with Gasteiger partial charge >= 0.3 is 0 Å². The minimum atomic E-state index is -0.585. The van der Waals surface area contributed by atoms with Crippen LogP contribution in [-0.2, 0) is 11.4 Å². The molecule has 2 aromatic carbocycles. The van der Waals surface area contributed by atoms with E-state index < -0.39 is 11.6 Å². The van der Waals surface area contributed by atoms with Crippen molar-refractivity contribution < 1.29 is 23.3 Å². The van der Waals surface area contributed by atoms with Crippen molar-refractivity contribution in [2.45, 2.75) is 19.1 Å². The zero-order chi connectivity index (χ0) is 16.2. The van der Waals surface area contributed by atoms with Gasteiger partial charge in [-0.2, -0.15) is 0 Å². The molecule has 0 saturated carbocycles. The standard InChI is InChI=1S/C17H15F3N2O/c18-13-3-1-2-11(6-13)17-8-15(23-22-17)10-21-9-12-4-5-14(19)7-16(12)20/h1-7,15,21H,8-10H2/p+1/t15-/m0/s1. The Morgan fingerprint density at radius 1 is 1.09 bits per heavy atom. The molecular formula is C17H16F3N2O+. The first kappa shape index (κ1) is 15.6. The monoisotopic (exact) mass is 321 g/mol. The quantitative estimate of drug-likeness (QED) is 0.902. The van der Waals surface area contributed by atoms with Crippen molar-refractivity contribution in [1.82, 2.24) is 0 Å². The molecule has 1 atom stereocenters. The Hall–Kier alpha value is -2.34. The number of rotatable bonds is 5. The van der Waals surface area contributed by atoms with Gasteiger partial charge in [-0.3, -0.25) is 0 Å². The Kier molecular flexibility index (Phi) is 4.62. The van der Waals surface area contributed by atoms with Crippen LogP contribution in [0.4, 0.5) is 13.2 Å². The highest BCUT2D eigenvalue weighted by molar-refractivity contribution is 6.01. The molecular weight excluding hydrogens is 305 g/mol. The van der Waals surface area contributed by atoms with Crippen LogP contribution in [0.5, 0.6) is 0 Å². The SMILES string of the molecule is Fc1cccc(C2=NO[C@H](C[NH2+]Cc3ccc(F)cc3F)C2)c1. The molecule has 120 valence electrons. The highest BCUT2D eigenvalue weighted by atomic mass is 19.1. The lowest BCUT2D eigenvalue weighted by molar-refractivity contribution is -0.676. The number of hydrogen-bond acceptors (Lipinski definition) is 2. The molecule has 3 nitrogen and oxygen atoms in total. The van der Waals surface area contributed by atoms with Gasteiger partial charge in [0.1, 0.15) is 30.5 Å². The van der Waals surface area contributed by atoms with E-state index in [1.165, 1.54) is 24.3 Å². The van der Waals surface area contributed by atoms with Crippen LogP contribution in [-0.4, -0.2) is 18.4 Å². The van der Waals surface area contributed by atoms with Gasteiger partial charge in [-0.1, -0.05) is 17.3 Å². The topological polar surface area (TPSA) is 38.2 Å². The van der Waals surface area contributed by atoms with Gasteiger partial charge in [0, 0.05) is 23.6 Å². The van der Waals surface area contributed by atoms with Gasteiger partial charge in [-0.05, 0) is 24.3 Å². The molecule has 0 bridgehead atoms. The van der Waals surface area contributed by atoms with Crippen molar-refractivity contribution in [2.75, 3.05) is 6.54 Å². The van der Waals surface area contributed by atoms with E-state index >= 15 is 0 Å². The smallest absolute Gasteiger partial charge is 0.181 e. The maximum absolute atomic E-state index is 13.5. The summed E-state index contributed by atoms with van der Waals surface area (Å²) in [7, 11) is 0. The number of quaternary nitrogens is 1. The number of nitrogens with two attached hydrogens (primary N) is 1. The molecule has 0 spiro atoms. The van der Waals surface area contributed by atoms with E-state index in [1.54, 1.807) is 12.1 Å². The lowest BCUT2D eigenvalue weighted by Crippen LogP contribution is -2.84. The predicted molar refractivity (Wildman–Crippen MR) is 79.3 cm³/mol. The van der Waals surface area contributed by atoms with Gasteiger partial charge in [0.15, 0.2) is 6.10 Å². The molecule has 1 aliphatic heterocycles. The van der Waals surface area contributed by atoms with Crippen LogP contribution in [0.2, 0.25) is 0 Å². The van der Waals surface area contributed by atoms with Crippen molar-refractivity contribution in [1.29, 1.82) is 0 Å². The first-order chi connectivity index (χ1) is 11.1. The maximum atomic E-state index is 13.5. The number of hydrogen-bond donors (Lipinski definition) is 1. The van der Waals surface area contributed by atoms with Crippen LogP contribution < -0.4 is 5.32 Å². The fourth-order valence-electron chi connectivity index (χ4n) is 2.51. The number of nitrogens with zero attached hydrogens (tertiary/aromatic N) is 1. The van der Waals surface area contributed by atoms with Crippen molar-refractivity contribution in [3.63, 3.8) is 0 Å². The van der Waals surface area contributed by atoms with E-state index in [0.717, 1.165) is 6.07 Å². The summed E-state index contributed by atoms with van der Waals surface area (Å²) in [6, 6.07) is 9.76. The third-order valence-electron chi connectivity index (χ3n) is 3.70. The Bertz CT molecular complexity index is 734. The fourth-order valence-corrected chi connectivity index (χ4v) is 2.51. The predicted octanol–water partition coefficient (Wildman–Crippen LogP) is 2.36. The molecule has 1 aliphatic rings. The second kappa shape index (κ2) is 6.83. The zero-order valence-electron chi connectivity index (χ0n) is 12.3. The van der Waals surface area contributed by atoms with Crippen LogP contribution in [0, 0.1) is 17.5 Å². The van der Waals surface area contributed by atoms with Gasteiger partial charge in [-0.25, -0.2) is 13.2 Å². The van der Waals surface area contributed by atoms with Crippen molar-refractivity contribution >= 4 is 5.71 Å². The lowest BCUT2D eigenvalue weighted by atomic mass is 10.0. The van der Waals surface area contributed by atoms with Gasteiger partial charge < -0.3 is 10.2 Å². The molecule has 0 unspecified atom stereocenters. The molecule has 0 saturated heterocycles. The molecule has 3 rings (SSSR count). The van der Waals surface area contributed by atoms with E-state index in [9.17, 15) is 13.2 Å². The molecule has 2 N–H and O–H groups in total.